The Balaban J connectivity index is 1.68. The molecule has 1 aromatic rings. The van der Waals surface area contributed by atoms with Crippen molar-refractivity contribution >= 4 is 11.9 Å². The highest BCUT2D eigenvalue weighted by Gasteiger charge is 2.71. The van der Waals surface area contributed by atoms with E-state index in [9.17, 15) is 41.0 Å². The van der Waals surface area contributed by atoms with Crippen LogP contribution in [0, 0.1) is 5.92 Å². The summed E-state index contributed by atoms with van der Waals surface area (Å²) in [6.07, 6.45) is -5.83. The first-order valence-corrected chi connectivity index (χ1v) is 14.3. The third kappa shape index (κ3) is 7.32. The summed E-state index contributed by atoms with van der Waals surface area (Å²) in [6, 6.07) is 4.46. The van der Waals surface area contributed by atoms with Crippen molar-refractivity contribution in [3.05, 3.63) is 72.1 Å². The zero-order chi connectivity index (χ0) is 33.6. The first-order chi connectivity index (χ1) is 21.1. The summed E-state index contributed by atoms with van der Waals surface area (Å²) in [5.41, 5.74) is -7.27. The van der Waals surface area contributed by atoms with E-state index in [4.69, 9.17) is 14.2 Å². The maximum absolute atomic E-state index is 13.4. The molecule has 3 amide bonds. The minimum atomic E-state index is -6.03. The number of carbonyl (C=O) groups excluding carboxylic acids is 2. The van der Waals surface area contributed by atoms with Crippen LogP contribution in [-0.4, -0.2) is 66.3 Å². The predicted octanol–water partition coefficient (Wildman–Crippen LogP) is 6.48. The highest BCUT2D eigenvalue weighted by atomic mass is 19.4. The molecule has 2 heterocycles. The molecule has 0 spiro atoms. The lowest BCUT2D eigenvalue weighted by Gasteiger charge is -2.33. The molecule has 0 bridgehead atoms. The van der Waals surface area contributed by atoms with Crippen molar-refractivity contribution in [2.75, 3.05) is 26.4 Å². The Kier molecular flexibility index (Phi) is 11.1. The van der Waals surface area contributed by atoms with Crippen LogP contribution in [0.2, 0.25) is 0 Å². The monoisotopic (exact) mass is 646 g/mol. The Morgan fingerprint density at radius 3 is 2.31 bits per heavy atom. The molecule has 0 radical (unpaired) electrons. The SMILES string of the molecule is C=C/C(=C\C(C=C(C)OC/C=C\CN1C(=O)NC(CC)(c2ccc3c(c2)OCCO3)C1=O)CCC)C(O)(C(F)(F)F)C(F)(F)F. The second-order valence-electron chi connectivity index (χ2n) is 10.5. The summed E-state index contributed by atoms with van der Waals surface area (Å²) < 4.78 is 97.0. The van der Waals surface area contributed by atoms with E-state index in [0.29, 0.717) is 48.8 Å². The van der Waals surface area contributed by atoms with Gasteiger partial charge in [-0.05, 0) is 61.1 Å². The lowest BCUT2D eigenvalue weighted by atomic mass is 9.87. The van der Waals surface area contributed by atoms with Crippen molar-refractivity contribution < 1.29 is 55.2 Å². The lowest BCUT2D eigenvalue weighted by molar-refractivity contribution is -0.351. The van der Waals surface area contributed by atoms with Gasteiger partial charge in [-0.25, -0.2) is 4.79 Å². The van der Waals surface area contributed by atoms with Crippen molar-refractivity contribution in [3.63, 3.8) is 0 Å². The van der Waals surface area contributed by atoms with E-state index in [1.165, 1.54) is 25.2 Å². The number of amides is 3. The number of hydrogen-bond donors (Lipinski definition) is 2. The van der Waals surface area contributed by atoms with Gasteiger partial charge >= 0.3 is 18.4 Å². The van der Waals surface area contributed by atoms with Crippen LogP contribution >= 0.6 is 0 Å². The summed E-state index contributed by atoms with van der Waals surface area (Å²) in [4.78, 5) is 27.2. The molecule has 2 unspecified atom stereocenters. The number of urea groups is 1. The zero-order valence-electron chi connectivity index (χ0n) is 25.1. The number of carbonyl (C=O) groups is 2. The molecule has 1 fully saturated rings. The zero-order valence-corrected chi connectivity index (χ0v) is 25.1. The second kappa shape index (κ2) is 14.0. The van der Waals surface area contributed by atoms with Gasteiger partial charge in [-0.2, -0.15) is 26.3 Å². The summed E-state index contributed by atoms with van der Waals surface area (Å²) >= 11 is 0. The largest absolute Gasteiger partial charge is 0.494 e. The summed E-state index contributed by atoms with van der Waals surface area (Å²) in [7, 11) is 0. The number of halogens is 6. The van der Waals surface area contributed by atoms with Crippen LogP contribution < -0.4 is 14.8 Å². The number of fused-ring (bicyclic) bond motifs is 1. The van der Waals surface area contributed by atoms with Crippen LogP contribution in [-0.2, 0) is 15.1 Å². The van der Waals surface area contributed by atoms with E-state index >= 15 is 0 Å². The number of benzene rings is 1. The minimum Gasteiger partial charge on any atom is -0.494 e. The average molecular weight is 647 g/mol. The molecule has 2 aliphatic heterocycles. The number of hydrogen-bond acceptors (Lipinski definition) is 6. The predicted molar refractivity (Wildman–Crippen MR) is 152 cm³/mol. The number of nitrogens with zero attached hydrogens (tertiary/aromatic N) is 1. The Bertz CT molecular complexity index is 1340. The quantitative estimate of drug-likeness (QED) is 0.0838. The number of rotatable bonds is 13. The molecule has 2 atom stereocenters. The van der Waals surface area contributed by atoms with Crippen molar-refractivity contribution in [3.8, 4) is 11.5 Å². The third-order valence-corrected chi connectivity index (χ3v) is 7.53. The fourth-order valence-electron chi connectivity index (χ4n) is 5.12. The van der Waals surface area contributed by atoms with Crippen LogP contribution in [0.3, 0.4) is 0 Å². The summed E-state index contributed by atoms with van der Waals surface area (Å²) in [6.45, 7) is 8.59. The molecular weight excluding hydrogens is 610 g/mol. The maximum atomic E-state index is 13.4. The van der Waals surface area contributed by atoms with E-state index < -0.39 is 46.9 Å². The highest BCUT2D eigenvalue weighted by Crippen LogP contribution is 2.48. The van der Waals surface area contributed by atoms with Gasteiger partial charge in [0.1, 0.15) is 25.4 Å². The number of imide groups is 1. The van der Waals surface area contributed by atoms with Gasteiger partial charge in [0.2, 0.25) is 0 Å². The third-order valence-electron chi connectivity index (χ3n) is 7.53. The molecule has 0 aliphatic carbocycles. The first-order valence-electron chi connectivity index (χ1n) is 14.3. The van der Waals surface area contributed by atoms with Gasteiger partial charge in [0, 0.05) is 6.54 Å². The van der Waals surface area contributed by atoms with Gasteiger partial charge in [-0.3, -0.25) is 9.69 Å². The van der Waals surface area contributed by atoms with Crippen LogP contribution in [0.1, 0.15) is 45.6 Å². The van der Waals surface area contributed by atoms with Gasteiger partial charge in [0.05, 0.1) is 5.76 Å². The van der Waals surface area contributed by atoms with E-state index in [2.05, 4.69) is 11.9 Å². The van der Waals surface area contributed by atoms with Crippen molar-refractivity contribution in [2.24, 2.45) is 5.92 Å². The summed E-state index contributed by atoms with van der Waals surface area (Å²) in [5.74, 6) is -0.199. The summed E-state index contributed by atoms with van der Waals surface area (Å²) in [5, 5.41) is 12.5. The van der Waals surface area contributed by atoms with Crippen molar-refractivity contribution in [1.29, 1.82) is 0 Å². The Hall–Kier alpha value is -3.94. The van der Waals surface area contributed by atoms with Crippen LogP contribution in [0.15, 0.2) is 66.5 Å². The number of ether oxygens (including phenoxy) is 3. The van der Waals surface area contributed by atoms with E-state index in [1.54, 1.807) is 32.0 Å². The average Bonchev–Trinajstić information content (AvgIpc) is 3.23. The Morgan fingerprint density at radius 2 is 1.73 bits per heavy atom. The van der Waals surface area contributed by atoms with Crippen LogP contribution in [0.5, 0.6) is 11.5 Å². The van der Waals surface area contributed by atoms with Crippen LogP contribution in [0.25, 0.3) is 0 Å². The van der Waals surface area contributed by atoms with E-state index in [1.807, 2.05) is 0 Å². The Morgan fingerprint density at radius 1 is 1.09 bits per heavy atom. The van der Waals surface area contributed by atoms with Crippen LogP contribution in [0.4, 0.5) is 31.1 Å². The fraction of sp³-hybridized carbons (Fsp3) is 0.484. The Labute approximate surface area is 257 Å². The molecule has 8 nitrogen and oxygen atoms in total. The number of alkyl halides is 6. The smallest absolute Gasteiger partial charge is 0.430 e. The maximum Gasteiger partial charge on any atom is 0.430 e. The number of nitrogens with one attached hydrogen (secondary N) is 1. The molecule has 0 aromatic heterocycles. The van der Waals surface area contributed by atoms with Crippen molar-refractivity contribution in [1.82, 2.24) is 10.2 Å². The molecule has 2 N–H and O–H groups in total. The van der Waals surface area contributed by atoms with Crippen molar-refractivity contribution in [2.45, 2.75) is 63.5 Å². The topological polar surface area (TPSA) is 97.3 Å². The molecule has 1 aromatic carbocycles. The molecule has 0 saturated carbocycles. The minimum absolute atomic E-state index is 0.0705. The molecule has 14 heteroatoms. The molecule has 2 aliphatic rings. The van der Waals surface area contributed by atoms with Gasteiger partial charge in [0.15, 0.2) is 11.5 Å². The van der Waals surface area contributed by atoms with Gasteiger partial charge < -0.3 is 24.6 Å². The standard InChI is InChI=1S/C31H36F6N2O6/c1-5-10-21(18-22(6-2)29(42,30(32,33)34)31(35,36)37)17-20(4)43-14-9-8-13-39-26(40)28(7-3,38-27(39)41)23-11-12-24-25(19-23)45-16-15-44-24/h6,8-9,11-12,17-19,21,42H,2,5,7,10,13-16H2,1,3-4H3,(H,38,41)/b9-8-,20-17?,22-18+. The van der Waals surface area contributed by atoms with Gasteiger partial charge in [0.25, 0.3) is 11.5 Å². The van der Waals surface area contributed by atoms with Gasteiger partial charge in [-0.15, -0.1) is 0 Å². The molecule has 3 rings (SSSR count). The normalized spacial score (nSPS) is 20.4. The second-order valence-corrected chi connectivity index (χ2v) is 10.5. The lowest BCUT2D eigenvalue weighted by Crippen LogP contribution is -2.57. The van der Waals surface area contributed by atoms with E-state index in [-0.39, 0.29) is 31.8 Å². The first kappa shape index (κ1) is 35.5. The van der Waals surface area contributed by atoms with Gasteiger partial charge in [-0.1, -0.05) is 51.1 Å². The molecular formula is C31H36F6N2O6. The molecule has 45 heavy (non-hydrogen) atoms. The molecule has 248 valence electrons. The number of aliphatic hydroxyl groups is 1. The number of allylic oxidation sites excluding steroid dienone is 3. The van der Waals surface area contributed by atoms with E-state index in [0.717, 1.165) is 4.90 Å². The highest BCUT2D eigenvalue weighted by molar-refractivity contribution is 6.07. The fourth-order valence-corrected chi connectivity index (χ4v) is 5.12. The molecule has 1 saturated heterocycles.